The standard InChI is InChI=1S/C33H43NO12P2/c1-5-41-47(38,42-6-2)45-23-14-10-13-19-28(35)31-30(33(37)40-22-15-16-24-46-48(39,43-7-3)44-8-4)27-20-21-29(36)32(31)34(27)25-26-17-11-9-12-18-26/h3-4,9,11-12,17-18,20-21,27,30-32H,5-6,10,13-16,19,22-25H2,1-2H3/t27-,30?,31?,32+/m1/s1. The van der Waals surface area contributed by atoms with Crippen molar-refractivity contribution in [3.8, 4) is 25.1 Å². The van der Waals surface area contributed by atoms with E-state index in [0.29, 0.717) is 38.6 Å². The lowest BCUT2D eigenvalue weighted by molar-refractivity contribution is -0.152. The third-order valence-electron chi connectivity index (χ3n) is 7.69. The number of carbonyl (C=O) groups is 3. The van der Waals surface area contributed by atoms with Crippen LogP contribution in [0.3, 0.4) is 0 Å². The van der Waals surface area contributed by atoms with Crippen LogP contribution in [0.25, 0.3) is 0 Å². The van der Waals surface area contributed by atoms with E-state index in [4.69, 9.17) is 35.7 Å². The van der Waals surface area contributed by atoms with Crippen LogP contribution in [0, 0.1) is 36.9 Å². The number of ether oxygens (including phenoxy) is 1. The smallest absolute Gasteiger partial charge is 0.465 e. The van der Waals surface area contributed by atoms with Crippen molar-refractivity contribution in [2.45, 2.75) is 71.0 Å². The van der Waals surface area contributed by atoms with E-state index in [1.165, 1.54) is 6.08 Å². The van der Waals surface area contributed by atoms with Crippen LogP contribution >= 0.6 is 15.6 Å². The number of hydrogen-bond donors (Lipinski definition) is 0. The number of nitrogens with zero attached hydrogens (tertiary/aromatic N) is 1. The monoisotopic (exact) mass is 707 g/mol. The summed E-state index contributed by atoms with van der Waals surface area (Å²) < 4.78 is 60.0. The van der Waals surface area contributed by atoms with Crippen LogP contribution in [0.2, 0.25) is 0 Å². The molecule has 0 amide bonds. The van der Waals surface area contributed by atoms with E-state index in [1.54, 1.807) is 32.1 Å². The van der Waals surface area contributed by atoms with Crippen LogP contribution in [-0.2, 0) is 61.9 Å². The molecular weight excluding hydrogens is 664 g/mol. The number of benzene rings is 1. The van der Waals surface area contributed by atoms with Gasteiger partial charge in [-0.2, -0.15) is 0 Å². The van der Waals surface area contributed by atoms with E-state index in [0.717, 1.165) is 5.56 Å². The lowest BCUT2D eigenvalue weighted by atomic mass is 9.82. The van der Waals surface area contributed by atoms with E-state index in [1.807, 2.05) is 35.2 Å². The molecule has 0 aliphatic carbocycles. The van der Waals surface area contributed by atoms with Gasteiger partial charge in [0.05, 0.1) is 50.9 Å². The molecule has 15 heteroatoms. The van der Waals surface area contributed by atoms with E-state index in [9.17, 15) is 23.5 Å². The van der Waals surface area contributed by atoms with Gasteiger partial charge in [-0.15, -0.1) is 0 Å². The maximum absolute atomic E-state index is 13.8. The SMILES string of the molecule is C#COP(=O)(OC#C)OCCCCOC(=O)C1C(C(=O)CCCCCOP(=O)(OCC)OCC)[C@@H]2C(=O)C=C[C@H]1N2Cc1ccccc1. The van der Waals surface area contributed by atoms with E-state index in [-0.39, 0.29) is 51.0 Å². The van der Waals surface area contributed by atoms with Gasteiger partial charge in [0, 0.05) is 19.0 Å². The molecule has 1 fully saturated rings. The molecule has 13 nitrogen and oxygen atoms in total. The minimum absolute atomic E-state index is 0.0169. The number of unbranched alkanes of at least 4 members (excludes halogenated alkanes) is 3. The highest BCUT2D eigenvalue weighted by Crippen LogP contribution is 2.50. The molecule has 2 aliphatic rings. The van der Waals surface area contributed by atoms with Gasteiger partial charge in [-0.3, -0.25) is 37.4 Å². The second-order valence-electron chi connectivity index (χ2n) is 10.9. The van der Waals surface area contributed by atoms with Crippen molar-refractivity contribution >= 4 is 33.2 Å². The van der Waals surface area contributed by atoms with Crippen molar-refractivity contribution in [2.24, 2.45) is 11.8 Å². The number of rotatable bonds is 23. The zero-order valence-corrected chi connectivity index (χ0v) is 29.0. The maximum Gasteiger partial charge on any atom is 0.604 e. The fraction of sp³-hybridized carbons (Fsp3) is 0.545. The first-order valence-electron chi connectivity index (χ1n) is 15.9. The molecule has 1 aromatic carbocycles. The van der Waals surface area contributed by atoms with E-state index < -0.39 is 45.5 Å². The van der Waals surface area contributed by atoms with Crippen molar-refractivity contribution in [1.29, 1.82) is 0 Å². The normalized spacial score (nSPS) is 20.5. The third-order valence-corrected chi connectivity index (χ3v) is 10.5. The fourth-order valence-electron chi connectivity index (χ4n) is 5.73. The van der Waals surface area contributed by atoms with Gasteiger partial charge in [0.2, 0.25) is 0 Å². The summed E-state index contributed by atoms with van der Waals surface area (Å²) in [5.74, 6) is -2.84. The average Bonchev–Trinajstić information content (AvgIpc) is 3.28. The van der Waals surface area contributed by atoms with Crippen LogP contribution in [0.1, 0.15) is 57.9 Å². The molecular formula is C33H43NO12P2. The number of hydrogen-bond acceptors (Lipinski definition) is 13. The lowest BCUT2D eigenvalue weighted by Gasteiger charge is -2.31. The van der Waals surface area contributed by atoms with Gasteiger partial charge in [-0.1, -0.05) is 55.7 Å². The van der Waals surface area contributed by atoms with Crippen LogP contribution in [0.5, 0.6) is 0 Å². The van der Waals surface area contributed by atoms with Gasteiger partial charge in [0.1, 0.15) is 18.0 Å². The van der Waals surface area contributed by atoms with Gasteiger partial charge < -0.3 is 13.8 Å². The third kappa shape index (κ3) is 11.1. The predicted molar refractivity (Wildman–Crippen MR) is 175 cm³/mol. The lowest BCUT2D eigenvalue weighted by Crippen LogP contribution is -2.45. The zero-order chi connectivity index (χ0) is 35.0. The molecule has 0 spiro atoms. The van der Waals surface area contributed by atoms with Gasteiger partial charge in [-0.25, -0.2) is 9.13 Å². The quantitative estimate of drug-likeness (QED) is 0.0601. The molecule has 0 aromatic heterocycles. The highest BCUT2D eigenvalue weighted by atomic mass is 31.2. The Labute approximate surface area is 282 Å². The van der Waals surface area contributed by atoms with Crippen LogP contribution in [0.15, 0.2) is 42.5 Å². The molecule has 0 N–H and O–H groups in total. The van der Waals surface area contributed by atoms with Crippen molar-refractivity contribution in [3.05, 3.63) is 48.0 Å². The topological polar surface area (TPSA) is 153 Å². The molecule has 0 saturated carbocycles. The summed E-state index contributed by atoms with van der Waals surface area (Å²) in [6.07, 6.45) is 18.8. The molecule has 2 bridgehead atoms. The largest absolute Gasteiger partial charge is 0.604 e. The first kappa shape index (κ1) is 39.2. The average molecular weight is 708 g/mol. The Morgan fingerprint density at radius 3 is 2.04 bits per heavy atom. The number of carbonyl (C=O) groups excluding carboxylic acids is 3. The van der Waals surface area contributed by atoms with Crippen molar-refractivity contribution in [2.75, 3.05) is 33.0 Å². The maximum atomic E-state index is 13.8. The van der Waals surface area contributed by atoms with Gasteiger partial charge >= 0.3 is 21.6 Å². The van der Waals surface area contributed by atoms with E-state index in [2.05, 4.69) is 9.05 Å². The first-order valence-corrected chi connectivity index (χ1v) is 18.8. The molecule has 4 atom stereocenters. The number of esters is 1. The molecule has 2 aliphatic heterocycles. The number of phosphoric acid groups is 2. The summed E-state index contributed by atoms with van der Waals surface area (Å²) >= 11 is 0. The van der Waals surface area contributed by atoms with Crippen molar-refractivity contribution < 1.29 is 55.4 Å². The number of terminal acetylenes is 2. The predicted octanol–water partition coefficient (Wildman–Crippen LogP) is 5.60. The Bertz CT molecular complexity index is 1410. The second-order valence-corrected chi connectivity index (χ2v) is 14.1. The van der Waals surface area contributed by atoms with Gasteiger partial charge in [-0.05, 0) is 51.2 Å². The Morgan fingerprint density at radius 2 is 1.42 bits per heavy atom. The second kappa shape index (κ2) is 19.7. The molecule has 3 rings (SSSR count). The summed E-state index contributed by atoms with van der Waals surface area (Å²) in [5, 5.41) is 0. The molecule has 2 unspecified atom stereocenters. The van der Waals surface area contributed by atoms with Crippen LogP contribution < -0.4 is 0 Å². The van der Waals surface area contributed by atoms with E-state index >= 15 is 0 Å². The summed E-state index contributed by atoms with van der Waals surface area (Å²) in [5.41, 5.74) is 0.937. The number of fused-ring (bicyclic) bond motifs is 2. The summed E-state index contributed by atoms with van der Waals surface area (Å²) in [6, 6.07) is 8.18. The van der Waals surface area contributed by atoms with Crippen molar-refractivity contribution in [1.82, 2.24) is 4.90 Å². The number of ketones is 2. The Hall–Kier alpha value is -3.25. The highest BCUT2D eigenvalue weighted by Gasteiger charge is 2.58. The summed E-state index contributed by atoms with van der Waals surface area (Å²) in [6.45, 7) is 4.11. The Balaban J connectivity index is 1.63. The zero-order valence-electron chi connectivity index (χ0n) is 27.2. The Morgan fingerprint density at radius 1 is 0.812 bits per heavy atom. The number of phosphoric ester groups is 2. The molecule has 2 heterocycles. The highest BCUT2D eigenvalue weighted by molar-refractivity contribution is 7.49. The Kier molecular flexibility index (Phi) is 16.1. The molecule has 262 valence electrons. The summed E-state index contributed by atoms with van der Waals surface area (Å²) in [7, 11) is -7.72. The van der Waals surface area contributed by atoms with Gasteiger partial charge in [0.25, 0.3) is 0 Å². The molecule has 48 heavy (non-hydrogen) atoms. The fourth-order valence-corrected chi connectivity index (χ4v) is 7.69. The van der Waals surface area contributed by atoms with Crippen LogP contribution in [-0.4, -0.2) is 67.6 Å². The number of Topliss-reactive ketones (excluding diaryl/α,β-unsaturated/α-hetero) is 1. The minimum atomic E-state index is -4.10. The minimum Gasteiger partial charge on any atom is -0.465 e. The summed E-state index contributed by atoms with van der Waals surface area (Å²) in [4.78, 5) is 42.6. The van der Waals surface area contributed by atoms with Crippen LogP contribution in [0.4, 0.5) is 0 Å². The molecule has 1 saturated heterocycles. The molecule has 0 radical (unpaired) electrons. The van der Waals surface area contributed by atoms with Crippen molar-refractivity contribution in [3.63, 3.8) is 0 Å². The molecule has 1 aromatic rings. The van der Waals surface area contributed by atoms with Gasteiger partial charge in [0.15, 0.2) is 5.78 Å². The first-order chi connectivity index (χ1) is 23.1.